The molecular formula is C23H22ClF3N2O2. The average molecular weight is 451 g/mol. The first kappa shape index (κ1) is 24.3. The molecule has 164 valence electrons. The van der Waals surface area contributed by atoms with E-state index in [0.29, 0.717) is 17.9 Å². The number of nitrogens with one attached hydrogen (secondary N) is 1. The van der Waals surface area contributed by atoms with Gasteiger partial charge in [-0.05, 0) is 48.4 Å². The van der Waals surface area contributed by atoms with Crippen molar-refractivity contribution in [3.8, 4) is 11.8 Å². The van der Waals surface area contributed by atoms with Gasteiger partial charge in [-0.1, -0.05) is 49.9 Å². The number of anilines is 1. The molecule has 2 aromatic carbocycles. The molecule has 0 aromatic heterocycles. The lowest BCUT2D eigenvalue weighted by atomic mass is 10.1. The van der Waals surface area contributed by atoms with Gasteiger partial charge in [-0.15, -0.1) is 0 Å². The molecule has 0 radical (unpaired) electrons. The van der Waals surface area contributed by atoms with E-state index in [2.05, 4.69) is 12.2 Å². The summed E-state index contributed by atoms with van der Waals surface area (Å²) < 4.78 is 44.3. The first-order chi connectivity index (χ1) is 14.7. The van der Waals surface area contributed by atoms with E-state index in [1.165, 1.54) is 6.08 Å². The molecule has 31 heavy (non-hydrogen) atoms. The second-order valence-corrected chi connectivity index (χ2v) is 7.20. The molecule has 8 heteroatoms. The van der Waals surface area contributed by atoms with Crippen molar-refractivity contribution in [3.63, 3.8) is 0 Å². The van der Waals surface area contributed by atoms with Crippen LogP contribution in [0, 0.1) is 11.3 Å². The first-order valence-corrected chi connectivity index (χ1v) is 10.1. The number of ether oxygens (including phenoxy) is 1. The minimum Gasteiger partial charge on any atom is -0.494 e. The lowest BCUT2D eigenvalue weighted by Crippen LogP contribution is -2.15. The molecular weight excluding hydrogens is 429 g/mol. The minimum absolute atomic E-state index is 0.0703. The number of carbonyl (C=O) groups is 1. The Morgan fingerprint density at radius 3 is 2.48 bits per heavy atom. The maximum Gasteiger partial charge on any atom is 0.416 e. The molecule has 2 rings (SSSR count). The predicted octanol–water partition coefficient (Wildman–Crippen LogP) is 6.86. The summed E-state index contributed by atoms with van der Waals surface area (Å²) in [7, 11) is 0. The number of alkyl halides is 3. The van der Waals surface area contributed by atoms with Crippen molar-refractivity contribution >= 4 is 29.3 Å². The maximum absolute atomic E-state index is 12.9. The summed E-state index contributed by atoms with van der Waals surface area (Å²) >= 11 is 5.89. The standard InChI is InChI=1S/C23H22ClF3N2O2/c1-2-3-4-5-12-31-19-9-6-16(7-10-19)13-17(15-28)22(30)29-21-14-18(23(25,26)27)8-11-20(21)24/h6-11,13-14H,2-5,12H2,1H3,(H,29,30). The van der Waals surface area contributed by atoms with E-state index in [0.717, 1.165) is 43.9 Å². The average Bonchev–Trinajstić information content (AvgIpc) is 2.73. The van der Waals surface area contributed by atoms with Crippen molar-refractivity contribution in [1.29, 1.82) is 5.26 Å². The highest BCUT2D eigenvalue weighted by Gasteiger charge is 2.31. The summed E-state index contributed by atoms with van der Waals surface area (Å²) in [4.78, 5) is 12.4. The third-order valence-corrected chi connectivity index (χ3v) is 4.69. The molecule has 0 unspecified atom stereocenters. The zero-order valence-electron chi connectivity index (χ0n) is 16.9. The quantitative estimate of drug-likeness (QED) is 0.258. The van der Waals surface area contributed by atoms with Crippen molar-refractivity contribution in [3.05, 3.63) is 64.2 Å². The van der Waals surface area contributed by atoms with Crippen LogP contribution in [-0.2, 0) is 11.0 Å². The Balaban J connectivity index is 2.06. The number of amides is 1. The number of halogens is 4. The summed E-state index contributed by atoms with van der Waals surface area (Å²) in [5, 5.41) is 11.5. The van der Waals surface area contributed by atoms with Crippen molar-refractivity contribution < 1.29 is 22.7 Å². The van der Waals surface area contributed by atoms with E-state index < -0.39 is 17.6 Å². The Hall–Kier alpha value is -2.98. The molecule has 0 heterocycles. The highest BCUT2D eigenvalue weighted by atomic mass is 35.5. The van der Waals surface area contributed by atoms with Gasteiger partial charge in [0.25, 0.3) is 5.91 Å². The van der Waals surface area contributed by atoms with Gasteiger partial charge in [0, 0.05) is 0 Å². The Morgan fingerprint density at radius 2 is 1.87 bits per heavy atom. The van der Waals surface area contributed by atoms with Crippen LogP contribution in [0.1, 0.15) is 43.7 Å². The molecule has 1 amide bonds. The first-order valence-electron chi connectivity index (χ1n) is 9.77. The molecule has 0 saturated carbocycles. The van der Waals surface area contributed by atoms with Crippen LogP contribution in [0.15, 0.2) is 48.0 Å². The Bertz CT molecular complexity index is 964. The summed E-state index contributed by atoms with van der Waals surface area (Å²) in [5.41, 5.74) is -0.892. The smallest absolute Gasteiger partial charge is 0.416 e. The van der Waals surface area contributed by atoms with E-state index >= 15 is 0 Å². The van der Waals surface area contributed by atoms with Gasteiger partial charge in [-0.3, -0.25) is 4.79 Å². The monoisotopic (exact) mass is 450 g/mol. The van der Waals surface area contributed by atoms with Crippen LogP contribution >= 0.6 is 11.6 Å². The molecule has 4 nitrogen and oxygen atoms in total. The summed E-state index contributed by atoms with van der Waals surface area (Å²) in [6, 6.07) is 11.1. The molecule has 0 fully saturated rings. The molecule has 0 spiro atoms. The number of hydrogen-bond donors (Lipinski definition) is 1. The van der Waals surface area contributed by atoms with E-state index in [1.807, 2.05) is 0 Å². The third kappa shape index (κ3) is 7.65. The van der Waals surface area contributed by atoms with Crippen LogP contribution in [0.5, 0.6) is 5.75 Å². The summed E-state index contributed by atoms with van der Waals surface area (Å²) in [5.74, 6) is -0.188. The van der Waals surface area contributed by atoms with Gasteiger partial charge < -0.3 is 10.1 Å². The fourth-order valence-corrected chi connectivity index (χ4v) is 2.85. The Kier molecular flexibility index (Phi) is 8.95. The predicted molar refractivity (Wildman–Crippen MR) is 115 cm³/mol. The van der Waals surface area contributed by atoms with Crippen molar-refractivity contribution in [2.24, 2.45) is 0 Å². The number of carbonyl (C=O) groups excluding carboxylic acids is 1. The number of benzene rings is 2. The SMILES string of the molecule is CCCCCCOc1ccc(C=C(C#N)C(=O)Nc2cc(C(F)(F)F)ccc2Cl)cc1. The number of hydrogen-bond acceptors (Lipinski definition) is 3. The number of nitrogens with zero attached hydrogens (tertiary/aromatic N) is 1. The summed E-state index contributed by atoms with van der Waals surface area (Å²) in [6.07, 6.45) is 1.13. The molecule has 0 atom stereocenters. The second-order valence-electron chi connectivity index (χ2n) is 6.79. The van der Waals surface area contributed by atoms with E-state index in [1.54, 1.807) is 30.3 Å². The van der Waals surface area contributed by atoms with Crippen LogP contribution in [0.25, 0.3) is 6.08 Å². The summed E-state index contributed by atoms with van der Waals surface area (Å²) in [6.45, 7) is 2.75. The van der Waals surface area contributed by atoms with Crippen LogP contribution in [0.3, 0.4) is 0 Å². The molecule has 0 bridgehead atoms. The van der Waals surface area contributed by atoms with Gasteiger partial charge in [0.05, 0.1) is 22.9 Å². The fraction of sp³-hybridized carbons (Fsp3) is 0.304. The zero-order valence-corrected chi connectivity index (χ0v) is 17.7. The van der Waals surface area contributed by atoms with E-state index in [-0.39, 0.29) is 16.3 Å². The van der Waals surface area contributed by atoms with E-state index in [4.69, 9.17) is 16.3 Å². The molecule has 0 aliphatic heterocycles. The lowest BCUT2D eigenvalue weighted by molar-refractivity contribution is -0.137. The number of rotatable bonds is 9. The Labute approximate surface area is 184 Å². The number of nitriles is 1. The van der Waals surface area contributed by atoms with E-state index in [9.17, 15) is 23.2 Å². The van der Waals surface area contributed by atoms with Gasteiger partial charge in [-0.25, -0.2) is 0 Å². The van der Waals surface area contributed by atoms with Gasteiger partial charge in [0.1, 0.15) is 17.4 Å². The van der Waals surface area contributed by atoms with Gasteiger partial charge in [-0.2, -0.15) is 18.4 Å². The normalized spacial score (nSPS) is 11.7. The van der Waals surface area contributed by atoms with Crippen LogP contribution in [0.2, 0.25) is 5.02 Å². The molecule has 0 saturated heterocycles. The molecule has 2 aromatic rings. The highest BCUT2D eigenvalue weighted by Crippen LogP contribution is 2.34. The van der Waals surface area contributed by atoms with Crippen molar-refractivity contribution in [1.82, 2.24) is 0 Å². The Morgan fingerprint density at radius 1 is 1.16 bits per heavy atom. The topological polar surface area (TPSA) is 62.1 Å². The maximum atomic E-state index is 12.9. The molecule has 0 aliphatic carbocycles. The largest absolute Gasteiger partial charge is 0.494 e. The van der Waals surface area contributed by atoms with Gasteiger partial charge >= 0.3 is 6.18 Å². The molecule has 0 aliphatic rings. The van der Waals surface area contributed by atoms with Gasteiger partial charge in [0.2, 0.25) is 0 Å². The van der Waals surface area contributed by atoms with Gasteiger partial charge in [0.15, 0.2) is 0 Å². The van der Waals surface area contributed by atoms with Crippen molar-refractivity contribution in [2.45, 2.75) is 38.8 Å². The lowest BCUT2D eigenvalue weighted by Gasteiger charge is -2.11. The molecule has 1 N–H and O–H groups in total. The third-order valence-electron chi connectivity index (χ3n) is 4.36. The fourth-order valence-electron chi connectivity index (χ4n) is 2.68. The number of unbranched alkanes of at least 4 members (excludes halogenated alkanes) is 3. The highest BCUT2D eigenvalue weighted by molar-refractivity contribution is 6.34. The van der Waals surface area contributed by atoms with Crippen molar-refractivity contribution in [2.75, 3.05) is 11.9 Å². The van der Waals surface area contributed by atoms with Crippen LogP contribution in [-0.4, -0.2) is 12.5 Å². The second kappa shape index (κ2) is 11.4. The zero-order chi connectivity index (χ0) is 22.9. The minimum atomic E-state index is -4.59. The van der Waals surface area contributed by atoms with Crippen LogP contribution in [0.4, 0.5) is 18.9 Å². The van der Waals surface area contributed by atoms with Crippen LogP contribution < -0.4 is 10.1 Å².